The van der Waals surface area contributed by atoms with Crippen LogP contribution in [0.15, 0.2) is 54.6 Å². The fourth-order valence-electron chi connectivity index (χ4n) is 3.07. The van der Waals surface area contributed by atoms with Crippen molar-refractivity contribution in [2.24, 2.45) is 0 Å². The third kappa shape index (κ3) is 5.50. The molecule has 144 valence electrons. The molecule has 2 aromatic rings. The lowest BCUT2D eigenvalue weighted by Crippen LogP contribution is -2.39. The van der Waals surface area contributed by atoms with Crippen LogP contribution in [0, 0.1) is 0 Å². The third-order valence-electron chi connectivity index (χ3n) is 4.72. The molecule has 0 radical (unpaired) electrons. The van der Waals surface area contributed by atoms with E-state index in [9.17, 15) is 18.7 Å². The zero-order chi connectivity index (χ0) is 19.3. The maximum absolute atomic E-state index is 13.2. The molecular formula is C21H23F2NO3. The Bertz CT molecular complexity index is 740. The van der Waals surface area contributed by atoms with Gasteiger partial charge in [-0.25, -0.2) is 13.6 Å². The number of piperidine rings is 1. The lowest BCUT2D eigenvalue weighted by Gasteiger charge is -2.33. The van der Waals surface area contributed by atoms with E-state index in [2.05, 4.69) is 0 Å². The number of esters is 1. The van der Waals surface area contributed by atoms with Crippen LogP contribution in [0.1, 0.15) is 24.0 Å². The average molecular weight is 375 g/mol. The van der Waals surface area contributed by atoms with Crippen LogP contribution in [0.4, 0.5) is 14.5 Å². The van der Waals surface area contributed by atoms with E-state index < -0.39 is 18.0 Å². The van der Waals surface area contributed by atoms with Gasteiger partial charge in [0.25, 0.3) is 5.92 Å². The van der Waals surface area contributed by atoms with E-state index >= 15 is 0 Å². The standard InChI is InChI=1S/C21H23F2NO3/c22-21(23)10-12-24(13-11-21)18-8-6-16(7-9-18)14-19(25)20(26)27-15-17-4-2-1-3-5-17/h1-9,19,25H,10-15H2. The largest absolute Gasteiger partial charge is 0.459 e. The van der Waals surface area contributed by atoms with Crippen LogP contribution in [0.2, 0.25) is 0 Å². The summed E-state index contributed by atoms with van der Waals surface area (Å²) in [6.45, 7) is 0.761. The molecule has 27 heavy (non-hydrogen) atoms. The van der Waals surface area contributed by atoms with E-state index in [1.165, 1.54) is 0 Å². The first-order chi connectivity index (χ1) is 12.9. The molecule has 1 N–H and O–H groups in total. The summed E-state index contributed by atoms with van der Waals surface area (Å²) < 4.78 is 31.6. The number of halogens is 2. The zero-order valence-electron chi connectivity index (χ0n) is 15.0. The second-order valence-electron chi connectivity index (χ2n) is 6.82. The highest BCUT2D eigenvalue weighted by Gasteiger charge is 2.34. The van der Waals surface area contributed by atoms with Crippen LogP contribution in [0.5, 0.6) is 0 Å². The smallest absolute Gasteiger partial charge is 0.335 e. The van der Waals surface area contributed by atoms with Gasteiger partial charge in [0.15, 0.2) is 6.10 Å². The number of carbonyl (C=O) groups excluding carboxylic acids is 1. The number of alkyl halides is 2. The van der Waals surface area contributed by atoms with E-state index in [1.807, 2.05) is 47.4 Å². The molecule has 3 rings (SSSR count). The molecule has 4 nitrogen and oxygen atoms in total. The first kappa shape index (κ1) is 19.3. The summed E-state index contributed by atoms with van der Waals surface area (Å²) in [5, 5.41) is 10.1. The van der Waals surface area contributed by atoms with Crippen molar-refractivity contribution in [2.45, 2.75) is 37.9 Å². The van der Waals surface area contributed by atoms with Crippen LogP contribution >= 0.6 is 0 Å². The number of carbonyl (C=O) groups is 1. The van der Waals surface area contributed by atoms with Crippen molar-refractivity contribution in [2.75, 3.05) is 18.0 Å². The lowest BCUT2D eigenvalue weighted by atomic mass is 10.0. The summed E-state index contributed by atoms with van der Waals surface area (Å²) >= 11 is 0. The number of anilines is 1. The number of hydrogen-bond acceptors (Lipinski definition) is 4. The number of aliphatic hydroxyl groups is 1. The van der Waals surface area contributed by atoms with Crippen LogP contribution in [0.3, 0.4) is 0 Å². The van der Waals surface area contributed by atoms with Crippen molar-refractivity contribution < 1.29 is 23.4 Å². The lowest BCUT2D eigenvalue weighted by molar-refractivity contribution is -0.154. The van der Waals surface area contributed by atoms with Crippen molar-refractivity contribution in [3.63, 3.8) is 0 Å². The van der Waals surface area contributed by atoms with E-state index in [4.69, 9.17) is 4.74 Å². The van der Waals surface area contributed by atoms with Gasteiger partial charge in [-0.15, -0.1) is 0 Å². The Balaban J connectivity index is 1.49. The summed E-state index contributed by atoms with van der Waals surface area (Å²) in [5.74, 6) is -3.23. The molecular weight excluding hydrogens is 352 g/mol. The van der Waals surface area contributed by atoms with Gasteiger partial charge in [0, 0.05) is 38.0 Å². The highest BCUT2D eigenvalue weighted by Crippen LogP contribution is 2.30. The van der Waals surface area contributed by atoms with Crippen LogP contribution < -0.4 is 4.90 Å². The van der Waals surface area contributed by atoms with Gasteiger partial charge in [0.2, 0.25) is 0 Å². The van der Waals surface area contributed by atoms with Gasteiger partial charge in [-0.1, -0.05) is 42.5 Å². The van der Waals surface area contributed by atoms with Crippen LogP contribution in [-0.4, -0.2) is 36.2 Å². The van der Waals surface area contributed by atoms with Gasteiger partial charge in [-0.05, 0) is 23.3 Å². The minimum absolute atomic E-state index is 0.120. The second kappa shape index (κ2) is 8.48. The maximum atomic E-state index is 13.2. The first-order valence-electron chi connectivity index (χ1n) is 9.03. The molecule has 1 heterocycles. The molecule has 1 aliphatic rings. The number of aliphatic hydroxyl groups excluding tert-OH is 1. The Morgan fingerprint density at radius 2 is 1.67 bits per heavy atom. The van der Waals surface area contributed by atoms with E-state index in [0.29, 0.717) is 13.1 Å². The predicted molar refractivity (Wildman–Crippen MR) is 98.8 cm³/mol. The second-order valence-corrected chi connectivity index (χ2v) is 6.82. The molecule has 1 saturated heterocycles. The number of hydrogen-bond donors (Lipinski definition) is 1. The van der Waals surface area contributed by atoms with E-state index in [-0.39, 0.29) is 25.9 Å². The van der Waals surface area contributed by atoms with Crippen molar-refractivity contribution in [3.05, 3.63) is 65.7 Å². The molecule has 1 fully saturated rings. The SMILES string of the molecule is O=C(OCc1ccccc1)C(O)Cc1ccc(N2CCC(F)(F)CC2)cc1. The van der Waals surface area contributed by atoms with Gasteiger partial charge in [-0.2, -0.15) is 0 Å². The molecule has 1 unspecified atom stereocenters. The Morgan fingerprint density at radius 1 is 1.04 bits per heavy atom. The summed E-state index contributed by atoms with van der Waals surface area (Å²) in [7, 11) is 0. The molecule has 2 aromatic carbocycles. The van der Waals surface area contributed by atoms with Gasteiger partial charge >= 0.3 is 5.97 Å². The van der Waals surface area contributed by atoms with Crippen LogP contribution in [-0.2, 0) is 22.6 Å². The fraction of sp³-hybridized carbons (Fsp3) is 0.381. The highest BCUT2D eigenvalue weighted by atomic mass is 19.3. The zero-order valence-corrected chi connectivity index (χ0v) is 15.0. The van der Waals surface area contributed by atoms with Gasteiger partial charge < -0.3 is 14.7 Å². The molecule has 0 saturated carbocycles. The Kier molecular flexibility index (Phi) is 6.06. The van der Waals surface area contributed by atoms with Gasteiger partial charge in [0.05, 0.1) is 0 Å². The molecule has 0 aliphatic carbocycles. The van der Waals surface area contributed by atoms with Crippen molar-refractivity contribution in [1.29, 1.82) is 0 Å². The summed E-state index contributed by atoms with van der Waals surface area (Å²) in [5.41, 5.74) is 2.51. The van der Waals surface area contributed by atoms with Gasteiger partial charge in [-0.3, -0.25) is 0 Å². The molecule has 0 bridgehead atoms. The van der Waals surface area contributed by atoms with E-state index in [0.717, 1.165) is 16.8 Å². The quantitative estimate of drug-likeness (QED) is 0.785. The maximum Gasteiger partial charge on any atom is 0.335 e. The Hall–Kier alpha value is -2.47. The Labute approximate surface area is 157 Å². The summed E-state index contributed by atoms with van der Waals surface area (Å²) in [6.07, 6.45) is -1.37. The third-order valence-corrected chi connectivity index (χ3v) is 4.72. The molecule has 6 heteroatoms. The summed E-state index contributed by atoms with van der Waals surface area (Å²) in [4.78, 5) is 13.9. The van der Waals surface area contributed by atoms with Crippen molar-refractivity contribution in [1.82, 2.24) is 0 Å². The first-order valence-corrected chi connectivity index (χ1v) is 9.03. The monoisotopic (exact) mass is 375 g/mol. The molecule has 0 spiro atoms. The highest BCUT2D eigenvalue weighted by molar-refractivity contribution is 5.74. The fourth-order valence-corrected chi connectivity index (χ4v) is 3.07. The van der Waals surface area contributed by atoms with Gasteiger partial charge in [0.1, 0.15) is 6.61 Å². The molecule has 0 aromatic heterocycles. The van der Waals surface area contributed by atoms with Crippen molar-refractivity contribution >= 4 is 11.7 Å². The molecule has 0 amide bonds. The molecule has 1 aliphatic heterocycles. The number of benzene rings is 2. The average Bonchev–Trinajstić information content (AvgIpc) is 2.67. The summed E-state index contributed by atoms with van der Waals surface area (Å²) in [6, 6.07) is 16.5. The minimum Gasteiger partial charge on any atom is -0.459 e. The number of rotatable bonds is 6. The Morgan fingerprint density at radius 3 is 2.30 bits per heavy atom. The predicted octanol–water partition coefficient (Wildman–Crippen LogP) is 3.57. The topological polar surface area (TPSA) is 49.8 Å². The number of nitrogens with zero attached hydrogens (tertiary/aromatic N) is 1. The molecule has 1 atom stereocenters. The van der Waals surface area contributed by atoms with E-state index in [1.54, 1.807) is 12.1 Å². The minimum atomic E-state index is -2.57. The van der Waals surface area contributed by atoms with Crippen LogP contribution in [0.25, 0.3) is 0 Å². The number of ether oxygens (including phenoxy) is 1. The van der Waals surface area contributed by atoms with Crippen molar-refractivity contribution in [3.8, 4) is 0 Å². The normalized spacial score (nSPS) is 17.4.